The number of carbonyl (C=O) groups is 3. The predicted octanol–water partition coefficient (Wildman–Crippen LogP) is 0.955. The summed E-state index contributed by atoms with van der Waals surface area (Å²) in [4.78, 5) is 34.2. The van der Waals surface area contributed by atoms with Gasteiger partial charge in [-0.15, -0.1) is 10.2 Å². The molecule has 0 unspecified atom stereocenters. The molecule has 156 valence electrons. The van der Waals surface area contributed by atoms with Crippen LogP contribution in [0.25, 0.3) is 0 Å². The van der Waals surface area contributed by atoms with Crippen LogP contribution in [-0.4, -0.2) is 47.5 Å². The minimum absolute atomic E-state index is 0.0485. The van der Waals surface area contributed by atoms with Crippen LogP contribution in [0.5, 0.6) is 0 Å². The Hall–Kier alpha value is -3.06. The fraction of sp³-hybridized carbons (Fsp3) is 0.312. The molecule has 0 aliphatic carbocycles. The molecule has 2 aromatic rings. The van der Waals surface area contributed by atoms with Gasteiger partial charge in [-0.25, -0.2) is 8.42 Å². The van der Waals surface area contributed by atoms with Gasteiger partial charge in [0, 0.05) is 19.0 Å². The third-order valence-corrected chi connectivity index (χ3v) is 5.76. The number of nitrogens with one attached hydrogen (secondary N) is 3. The number of carbonyl (C=O) groups excluding carboxylic acids is 2. The molecule has 2 amide bonds. The molecule has 13 heteroatoms. The van der Waals surface area contributed by atoms with Gasteiger partial charge in [-0.05, 0) is 37.6 Å². The van der Waals surface area contributed by atoms with Crippen LogP contribution in [0.2, 0.25) is 0 Å². The Morgan fingerprint density at radius 2 is 1.83 bits per heavy atom. The van der Waals surface area contributed by atoms with Crippen molar-refractivity contribution in [1.29, 1.82) is 0 Å². The molecule has 0 fully saturated rings. The van der Waals surface area contributed by atoms with E-state index in [-0.39, 0.29) is 28.6 Å². The van der Waals surface area contributed by atoms with Gasteiger partial charge in [0.25, 0.3) is 10.0 Å². The van der Waals surface area contributed by atoms with Crippen LogP contribution in [0.1, 0.15) is 24.8 Å². The zero-order valence-electron chi connectivity index (χ0n) is 15.5. The van der Waals surface area contributed by atoms with Gasteiger partial charge in [0.1, 0.15) is 11.0 Å². The van der Waals surface area contributed by atoms with E-state index in [0.29, 0.717) is 5.01 Å². The predicted molar refractivity (Wildman–Crippen MR) is 105 cm³/mol. The fourth-order valence-corrected chi connectivity index (χ4v) is 4.06. The lowest BCUT2D eigenvalue weighted by atomic mass is 10.1. The van der Waals surface area contributed by atoms with Crippen LogP contribution >= 0.6 is 11.3 Å². The van der Waals surface area contributed by atoms with Gasteiger partial charge in [-0.3, -0.25) is 19.1 Å². The van der Waals surface area contributed by atoms with E-state index in [1.54, 1.807) is 6.92 Å². The zero-order chi connectivity index (χ0) is 21.6. The van der Waals surface area contributed by atoms with Gasteiger partial charge >= 0.3 is 5.97 Å². The van der Waals surface area contributed by atoms with Gasteiger partial charge in [-0.2, -0.15) is 0 Å². The molecule has 0 aliphatic rings. The summed E-state index contributed by atoms with van der Waals surface area (Å²) in [6.45, 7) is 2.91. The van der Waals surface area contributed by atoms with E-state index in [1.165, 1.54) is 31.2 Å². The Labute approximate surface area is 170 Å². The molecule has 1 atom stereocenters. The number of benzene rings is 1. The molecule has 0 saturated heterocycles. The normalized spacial score (nSPS) is 12.1. The number of hydrogen-bond acceptors (Lipinski definition) is 8. The number of amides is 2. The number of anilines is 2. The van der Waals surface area contributed by atoms with Gasteiger partial charge < -0.3 is 15.7 Å². The van der Waals surface area contributed by atoms with Crippen LogP contribution in [0.15, 0.2) is 29.2 Å². The van der Waals surface area contributed by atoms with Crippen molar-refractivity contribution in [2.24, 2.45) is 0 Å². The first-order valence-electron chi connectivity index (χ1n) is 8.29. The highest BCUT2D eigenvalue weighted by Gasteiger charge is 2.21. The van der Waals surface area contributed by atoms with Crippen LogP contribution in [-0.2, 0) is 24.4 Å². The summed E-state index contributed by atoms with van der Waals surface area (Å²) >= 11 is 1.09. The smallest absolute Gasteiger partial charge is 0.303 e. The third-order valence-electron chi connectivity index (χ3n) is 3.52. The number of hydrogen-bond donors (Lipinski definition) is 4. The van der Waals surface area contributed by atoms with Crippen molar-refractivity contribution in [3.05, 3.63) is 29.3 Å². The standard InChI is InChI=1S/C16H19N5O6S2/c1-9(22)17-13(7-8-14(23)24)15(25)18-11-3-5-12(6-4-11)29(26,27)21-16-20-19-10(2)28-16/h3-6,13H,7-8H2,1-2H3,(H,17,22)(H,18,25)(H,20,21)(H,23,24)/t13-/m0/s1. The number of nitrogens with zero attached hydrogens (tertiary/aromatic N) is 2. The number of sulfonamides is 1. The molecular formula is C16H19N5O6S2. The molecule has 1 aromatic heterocycles. The lowest BCUT2D eigenvalue weighted by Gasteiger charge is -2.17. The monoisotopic (exact) mass is 441 g/mol. The Morgan fingerprint density at radius 3 is 2.34 bits per heavy atom. The van der Waals surface area contributed by atoms with Gasteiger partial charge in [0.15, 0.2) is 0 Å². The topological polar surface area (TPSA) is 167 Å². The highest BCUT2D eigenvalue weighted by Crippen LogP contribution is 2.20. The minimum atomic E-state index is -3.87. The Morgan fingerprint density at radius 1 is 1.17 bits per heavy atom. The molecule has 29 heavy (non-hydrogen) atoms. The number of aliphatic carboxylic acids is 1. The summed E-state index contributed by atoms with van der Waals surface area (Å²) in [5.74, 6) is -2.18. The lowest BCUT2D eigenvalue weighted by molar-refractivity contribution is -0.137. The van der Waals surface area contributed by atoms with Crippen LogP contribution in [0.4, 0.5) is 10.8 Å². The van der Waals surface area contributed by atoms with Gasteiger partial charge in [0.05, 0.1) is 4.90 Å². The largest absolute Gasteiger partial charge is 0.481 e. The molecule has 1 aromatic carbocycles. The van der Waals surface area contributed by atoms with Crippen molar-refractivity contribution >= 4 is 50.0 Å². The molecular weight excluding hydrogens is 422 g/mol. The summed E-state index contributed by atoms with van der Waals surface area (Å²) in [5, 5.41) is 21.9. The van der Waals surface area contributed by atoms with E-state index in [2.05, 4.69) is 25.6 Å². The molecule has 2 rings (SSSR count). The molecule has 4 N–H and O–H groups in total. The Kier molecular flexibility index (Phi) is 7.23. The summed E-state index contributed by atoms with van der Waals surface area (Å²) < 4.78 is 27.0. The summed E-state index contributed by atoms with van der Waals surface area (Å²) in [6.07, 6.45) is -0.384. The number of aromatic nitrogens is 2. The lowest BCUT2D eigenvalue weighted by Crippen LogP contribution is -2.43. The number of carboxylic acid groups (broad SMARTS) is 1. The van der Waals surface area contributed by atoms with Crippen molar-refractivity contribution in [1.82, 2.24) is 15.5 Å². The number of rotatable bonds is 9. The fourth-order valence-electron chi connectivity index (χ4n) is 2.24. The first-order chi connectivity index (χ1) is 13.6. The maximum absolute atomic E-state index is 12.4. The second-order valence-corrected chi connectivity index (χ2v) is 8.79. The van der Waals surface area contributed by atoms with E-state index in [9.17, 15) is 22.8 Å². The number of aryl methyl sites for hydroxylation is 1. The Bertz CT molecular complexity index is 1000. The quantitative estimate of drug-likeness (QED) is 0.446. The first kappa shape index (κ1) is 22.2. The van der Waals surface area contributed by atoms with Crippen molar-refractivity contribution in [3.8, 4) is 0 Å². The van der Waals surface area contributed by atoms with E-state index in [4.69, 9.17) is 5.11 Å². The second kappa shape index (κ2) is 9.43. The van der Waals surface area contributed by atoms with Crippen molar-refractivity contribution in [3.63, 3.8) is 0 Å². The first-order valence-corrected chi connectivity index (χ1v) is 10.6. The second-order valence-electron chi connectivity index (χ2n) is 5.93. The summed E-state index contributed by atoms with van der Waals surface area (Å²) in [7, 11) is -3.87. The third kappa shape index (κ3) is 6.80. The zero-order valence-corrected chi connectivity index (χ0v) is 17.1. The minimum Gasteiger partial charge on any atom is -0.481 e. The Balaban J connectivity index is 2.07. The van der Waals surface area contributed by atoms with Crippen LogP contribution in [0, 0.1) is 6.92 Å². The molecule has 0 aliphatic heterocycles. The molecule has 1 heterocycles. The van der Waals surface area contributed by atoms with Crippen molar-refractivity contribution in [2.45, 2.75) is 37.6 Å². The van der Waals surface area contributed by atoms with Crippen LogP contribution < -0.4 is 15.4 Å². The van der Waals surface area contributed by atoms with Gasteiger partial charge in [0.2, 0.25) is 16.9 Å². The molecule has 0 saturated carbocycles. The highest BCUT2D eigenvalue weighted by atomic mass is 32.2. The van der Waals surface area contributed by atoms with Crippen molar-refractivity contribution < 1.29 is 27.9 Å². The maximum Gasteiger partial charge on any atom is 0.303 e. The van der Waals surface area contributed by atoms with Crippen LogP contribution in [0.3, 0.4) is 0 Å². The average Bonchev–Trinajstić information content (AvgIpc) is 3.02. The van der Waals surface area contributed by atoms with E-state index in [0.717, 1.165) is 11.3 Å². The van der Waals surface area contributed by atoms with E-state index < -0.39 is 33.8 Å². The summed E-state index contributed by atoms with van der Waals surface area (Å²) in [6, 6.07) is 4.29. The number of carboxylic acids is 1. The summed E-state index contributed by atoms with van der Waals surface area (Å²) in [5.41, 5.74) is 0.284. The maximum atomic E-state index is 12.4. The van der Waals surface area contributed by atoms with Crippen molar-refractivity contribution in [2.75, 3.05) is 10.0 Å². The molecule has 0 radical (unpaired) electrons. The van der Waals surface area contributed by atoms with E-state index >= 15 is 0 Å². The SMILES string of the molecule is CC(=O)N[C@@H](CCC(=O)O)C(=O)Nc1ccc(S(=O)(=O)Nc2nnc(C)s2)cc1. The van der Waals surface area contributed by atoms with E-state index in [1.807, 2.05) is 0 Å². The van der Waals surface area contributed by atoms with Gasteiger partial charge in [-0.1, -0.05) is 11.3 Å². The molecule has 11 nitrogen and oxygen atoms in total. The highest BCUT2D eigenvalue weighted by molar-refractivity contribution is 7.93. The molecule has 0 bridgehead atoms. The average molecular weight is 441 g/mol. The molecule has 0 spiro atoms.